The summed E-state index contributed by atoms with van der Waals surface area (Å²) in [5.41, 5.74) is -0.157. The molecule has 2 aromatic carbocycles. The van der Waals surface area contributed by atoms with E-state index in [2.05, 4.69) is 10.3 Å². The molecule has 1 saturated heterocycles. The Kier molecular flexibility index (Phi) is 6.23. The number of anilines is 1. The van der Waals surface area contributed by atoms with E-state index in [1.807, 2.05) is 0 Å². The van der Waals surface area contributed by atoms with E-state index in [0.717, 1.165) is 17.7 Å². The lowest BCUT2D eigenvalue weighted by atomic mass is 10.0. The number of ether oxygens (including phenoxy) is 1. The Labute approximate surface area is 214 Å². The molecule has 11 heteroatoms. The van der Waals surface area contributed by atoms with E-state index in [-0.39, 0.29) is 33.9 Å². The predicted octanol–water partition coefficient (Wildman–Crippen LogP) is 5.14. The molecular weight excluding hydrogens is 511 g/mol. The fourth-order valence-electron chi connectivity index (χ4n) is 4.30. The van der Waals surface area contributed by atoms with Gasteiger partial charge in [-0.25, -0.2) is 9.78 Å². The molecule has 7 nitrogen and oxygen atoms in total. The van der Waals surface area contributed by atoms with Crippen molar-refractivity contribution < 1.29 is 32.6 Å². The zero-order valence-corrected chi connectivity index (χ0v) is 20.0. The molecule has 0 radical (unpaired) electrons. The number of hydrogen-bond donors (Lipinski definition) is 2. The van der Waals surface area contributed by atoms with Crippen molar-refractivity contribution in [1.29, 1.82) is 0 Å². The van der Waals surface area contributed by atoms with Crippen LogP contribution in [0, 0.1) is 0 Å². The van der Waals surface area contributed by atoms with Crippen molar-refractivity contribution in [2.75, 3.05) is 18.0 Å². The Balaban J connectivity index is 1.28. The molecule has 1 saturated carbocycles. The molecule has 5 rings (SSSR count). The first kappa shape index (κ1) is 24.9. The summed E-state index contributed by atoms with van der Waals surface area (Å²) < 4.78 is 44.6. The first-order chi connectivity index (χ1) is 17.5. The predicted molar refractivity (Wildman–Crippen MR) is 129 cm³/mol. The quantitative estimate of drug-likeness (QED) is 0.439. The van der Waals surface area contributed by atoms with Gasteiger partial charge < -0.3 is 20.1 Å². The lowest BCUT2D eigenvalue weighted by molar-refractivity contribution is -0.137. The third-order valence-electron chi connectivity index (χ3n) is 6.48. The standard InChI is InChI=1S/C26H21ClF3N3O4/c27-18-11-21(23(34)32-25(8-9-25)16-6-4-15(5-7-16)24(35)36)22(31-12-18)33-13-20(14-33)37-19-3-1-2-17(10-19)26(28,29)30/h1-7,10-12,20H,8-9,13-14H2,(H,32,34)(H,35,36). The molecular formula is C26H21ClF3N3O4. The monoisotopic (exact) mass is 531 g/mol. The minimum Gasteiger partial charge on any atom is -0.487 e. The number of aromatic carboxylic acids is 1. The smallest absolute Gasteiger partial charge is 0.416 e. The zero-order valence-electron chi connectivity index (χ0n) is 19.3. The second-order valence-electron chi connectivity index (χ2n) is 9.11. The SMILES string of the molecule is O=C(O)c1ccc(C2(NC(=O)c3cc(Cl)cnc3N3CC(Oc4cccc(C(F)(F)F)c4)C3)CC2)cc1. The average Bonchev–Trinajstić information content (AvgIpc) is 3.61. The molecule has 2 N–H and O–H groups in total. The fraction of sp³-hybridized carbons (Fsp3) is 0.269. The lowest BCUT2D eigenvalue weighted by Crippen LogP contribution is -2.55. The number of carbonyl (C=O) groups excluding carboxylic acids is 1. The van der Waals surface area contributed by atoms with Gasteiger partial charge in [0.1, 0.15) is 17.7 Å². The Hall–Kier alpha value is -3.79. The van der Waals surface area contributed by atoms with Gasteiger partial charge in [0.15, 0.2) is 0 Å². The van der Waals surface area contributed by atoms with Gasteiger partial charge in [0, 0.05) is 6.20 Å². The summed E-state index contributed by atoms with van der Waals surface area (Å²) in [7, 11) is 0. The molecule has 2 fully saturated rings. The van der Waals surface area contributed by atoms with E-state index >= 15 is 0 Å². The Morgan fingerprint density at radius 1 is 1.11 bits per heavy atom. The number of benzene rings is 2. The van der Waals surface area contributed by atoms with Gasteiger partial charge in [-0.05, 0) is 54.8 Å². The number of rotatable bonds is 7. The highest BCUT2D eigenvalue weighted by Crippen LogP contribution is 2.46. The number of carbonyl (C=O) groups is 2. The number of amides is 1. The van der Waals surface area contributed by atoms with E-state index in [1.165, 1.54) is 36.5 Å². The lowest BCUT2D eigenvalue weighted by Gasteiger charge is -2.40. The molecule has 1 aliphatic carbocycles. The van der Waals surface area contributed by atoms with Gasteiger partial charge in [-0.2, -0.15) is 13.2 Å². The van der Waals surface area contributed by atoms with Crippen LogP contribution in [0.4, 0.5) is 19.0 Å². The molecule has 1 aliphatic heterocycles. The topological polar surface area (TPSA) is 91.8 Å². The molecule has 0 unspecified atom stereocenters. The van der Waals surface area contributed by atoms with Crippen LogP contribution >= 0.6 is 11.6 Å². The molecule has 0 bridgehead atoms. The third-order valence-corrected chi connectivity index (χ3v) is 6.68. The van der Waals surface area contributed by atoms with Gasteiger partial charge >= 0.3 is 12.1 Å². The first-order valence-electron chi connectivity index (χ1n) is 11.4. The molecule has 37 heavy (non-hydrogen) atoms. The summed E-state index contributed by atoms with van der Waals surface area (Å²) in [6.45, 7) is 0.653. The Morgan fingerprint density at radius 2 is 1.81 bits per heavy atom. The second-order valence-corrected chi connectivity index (χ2v) is 9.55. The summed E-state index contributed by atoms with van der Waals surface area (Å²) in [6.07, 6.45) is -2.01. The van der Waals surface area contributed by atoms with Crippen molar-refractivity contribution in [2.24, 2.45) is 0 Å². The van der Waals surface area contributed by atoms with Gasteiger partial charge in [0.2, 0.25) is 0 Å². The number of hydrogen-bond acceptors (Lipinski definition) is 5. The van der Waals surface area contributed by atoms with Crippen LogP contribution < -0.4 is 15.0 Å². The number of nitrogens with one attached hydrogen (secondary N) is 1. The van der Waals surface area contributed by atoms with Crippen molar-refractivity contribution in [3.63, 3.8) is 0 Å². The molecule has 0 spiro atoms. The molecule has 192 valence electrons. The second kappa shape index (κ2) is 9.26. The molecule has 1 amide bonds. The third kappa shape index (κ3) is 5.20. The van der Waals surface area contributed by atoms with E-state index in [4.69, 9.17) is 21.4 Å². The van der Waals surface area contributed by atoms with E-state index < -0.39 is 23.2 Å². The van der Waals surface area contributed by atoms with Crippen LogP contribution in [0.15, 0.2) is 60.8 Å². The highest BCUT2D eigenvalue weighted by atomic mass is 35.5. The van der Waals surface area contributed by atoms with Gasteiger partial charge in [-0.1, -0.05) is 29.8 Å². The maximum Gasteiger partial charge on any atom is 0.416 e. The van der Waals surface area contributed by atoms with E-state index in [1.54, 1.807) is 17.0 Å². The van der Waals surface area contributed by atoms with Crippen LogP contribution in [0.5, 0.6) is 5.75 Å². The number of alkyl halides is 3. The van der Waals surface area contributed by atoms with Crippen molar-refractivity contribution in [3.05, 3.63) is 88.1 Å². The average molecular weight is 532 g/mol. The molecule has 1 aromatic heterocycles. The van der Waals surface area contributed by atoms with Gasteiger partial charge in [-0.3, -0.25) is 4.79 Å². The number of aromatic nitrogens is 1. The van der Waals surface area contributed by atoms with E-state index in [0.29, 0.717) is 31.7 Å². The van der Waals surface area contributed by atoms with Crippen LogP contribution in [-0.2, 0) is 11.7 Å². The number of pyridine rings is 1. The maximum atomic E-state index is 13.3. The highest BCUT2D eigenvalue weighted by Gasteiger charge is 2.46. The summed E-state index contributed by atoms with van der Waals surface area (Å²) in [5, 5.41) is 12.4. The molecule has 2 heterocycles. The Morgan fingerprint density at radius 3 is 2.43 bits per heavy atom. The normalized spacial score (nSPS) is 16.6. The van der Waals surface area contributed by atoms with Crippen molar-refractivity contribution in [3.8, 4) is 5.75 Å². The van der Waals surface area contributed by atoms with Crippen molar-refractivity contribution >= 4 is 29.3 Å². The number of carboxylic acids is 1. The minimum atomic E-state index is -4.46. The van der Waals surface area contributed by atoms with Crippen LogP contribution in [0.3, 0.4) is 0 Å². The maximum absolute atomic E-state index is 13.3. The molecule has 3 aromatic rings. The zero-order chi connectivity index (χ0) is 26.4. The van der Waals surface area contributed by atoms with Crippen molar-refractivity contribution in [1.82, 2.24) is 10.3 Å². The number of carboxylic acid groups (broad SMARTS) is 1. The fourth-order valence-corrected chi connectivity index (χ4v) is 4.46. The van der Waals surface area contributed by atoms with Gasteiger partial charge in [0.25, 0.3) is 5.91 Å². The largest absolute Gasteiger partial charge is 0.487 e. The summed E-state index contributed by atoms with van der Waals surface area (Å²) >= 11 is 6.13. The first-order valence-corrected chi connectivity index (χ1v) is 11.8. The number of nitrogens with zero attached hydrogens (tertiary/aromatic N) is 2. The number of halogens is 4. The summed E-state index contributed by atoms with van der Waals surface area (Å²) in [5.74, 6) is -0.902. The van der Waals surface area contributed by atoms with Crippen LogP contribution in [0.1, 0.15) is 44.7 Å². The molecule has 2 aliphatic rings. The summed E-state index contributed by atoms with van der Waals surface area (Å²) in [4.78, 5) is 30.6. The van der Waals surface area contributed by atoms with Gasteiger partial charge in [0.05, 0.1) is 40.3 Å². The van der Waals surface area contributed by atoms with Crippen LogP contribution in [-0.4, -0.2) is 41.2 Å². The van der Waals surface area contributed by atoms with E-state index in [9.17, 15) is 22.8 Å². The van der Waals surface area contributed by atoms with Crippen molar-refractivity contribution in [2.45, 2.75) is 30.7 Å². The van der Waals surface area contributed by atoms with Crippen LogP contribution in [0.25, 0.3) is 0 Å². The minimum absolute atomic E-state index is 0.117. The molecule has 0 atom stereocenters. The van der Waals surface area contributed by atoms with Crippen LogP contribution in [0.2, 0.25) is 5.02 Å². The van der Waals surface area contributed by atoms with Gasteiger partial charge in [-0.15, -0.1) is 0 Å². The highest BCUT2D eigenvalue weighted by molar-refractivity contribution is 6.31. The summed E-state index contributed by atoms with van der Waals surface area (Å²) in [6, 6.07) is 12.6. The Bertz CT molecular complexity index is 1350.